The van der Waals surface area contributed by atoms with Gasteiger partial charge in [0.15, 0.2) is 5.60 Å². The molecule has 4 heteroatoms. The number of carbonyl (C=O) groups excluding carboxylic acids is 1. The van der Waals surface area contributed by atoms with E-state index in [0.717, 1.165) is 22.2 Å². The number of aliphatic hydroxyl groups is 1. The Balaban J connectivity index is 2.11. The summed E-state index contributed by atoms with van der Waals surface area (Å²) in [6.07, 6.45) is 0. The first kappa shape index (κ1) is 18.0. The molecule has 1 atom stereocenters. The van der Waals surface area contributed by atoms with Crippen LogP contribution in [-0.2, 0) is 10.4 Å². The number of aromatic nitrogens is 1. The van der Waals surface area contributed by atoms with Gasteiger partial charge in [-0.05, 0) is 17.2 Å². The molecular weight excluding hydrogens is 348 g/mol. The highest BCUT2D eigenvalue weighted by Crippen LogP contribution is 2.42. The number of H-pyrrole nitrogens is 1. The van der Waals surface area contributed by atoms with E-state index in [1.807, 2.05) is 72.8 Å². The molecule has 28 heavy (non-hydrogen) atoms. The molecule has 1 heterocycles. The van der Waals surface area contributed by atoms with Crippen molar-refractivity contribution in [2.24, 2.45) is 0 Å². The van der Waals surface area contributed by atoms with Gasteiger partial charge in [0.1, 0.15) is 0 Å². The van der Waals surface area contributed by atoms with Crippen LogP contribution in [0.5, 0.6) is 0 Å². The van der Waals surface area contributed by atoms with Gasteiger partial charge in [-0.25, -0.2) is 0 Å². The molecular formula is C24H22N2O2. The van der Waals surface area contributed by atoms with Crippen LogP contribution < -0.4 is 0 Å². The quantitative estimate of drug-likeness (QED) is 0.567. The van der Waals surface area contributed by atoms with Gasteiger partial charge in [-0.15, -0.1) is 0 Å². The van der Waals surface area contributed by atoms with Crippen LogP contribution in [0.4, 0.5) is 0 Å². The van der Waals surface area contributed by atoms with Gasteiger partial charge in [-0.1, -0.05) is 78.9 Å². The molecule has 1 aromatic heterocycles. The van der Waals surface area contributed by atoms with Crippen LogP contribution >= 0.6 is 0 Å². The molecule has 4 nitrogen and oxygen atoms in total. The van der Waals surface area contributed by atoms with Crippen molar-refractivity contribution in [1.29, 1.82) is 0 Å². The molecule has 0 radical (unpaired) electrons. The summed E-state index contributed by atoms with van der Waals surface area (Å²) in [5, 5.41) is 12.8. The van der Waals surface area contributed by atoms with Crippen molar-refractivity contribution in [3.05, 3.63) is 96.1 Å². The fraction of sp³-hybridized carbons (Fsp3) is 0.125. The number of likely N-dealkylation sites (N-methyl/N-ethyl adjacent to an activating group) is 1. The van der Waals surface area contributed by atoms with E-state index in [1.165, 1.54) is 4.90 Å². The molecule has 1 unspecified atom stereocenters. The Bertz CT molecular complexity index is 1120. The Morgan fingerprint density at radius 2 is 1.43 bits per heavy atom. The number of benzene rings is 3. The molecule has 0 aliphatic rings. The van der Waals surface area contributed by atoms with Gasteiger partial charge in [0.25, 0.3) is 5.91 Å². The number of fused-ring (bicyclic) bond motifs is 1. The first-order chi connectivity index (χ1) is 13.5. The molecule has 4 aromatic rings. The molecule has 0 bridgehead atoms. The summed E-state index contributed by atoms with van der Waals surface area (Å²) in [5.41, 5.74) is 1.81. The van der Waals surface area contributed by atoms with Crippen LogP contribution in [0.1, 0.15) is 11.1 Å². The molecule has 4 rings (SSSR count). The van der Waals surface area contributed by atoms with Gasteiger partial charge in [0.2, 0.25) is 0 Å². The SMILES string of the molecule is CN(C)C(=O)C(O)(c1ccccc1)c1c(-c2ccccc2)[nH]c2ccccc12. The van der Waals surface area contributed by atoms with E-state index < -0.39 is 5.60 Å². The summed E-state index contributed by atoms with van der Waals surface area (Å²) in [6.45, 7) is 0. The summed E-state index contributed by atoms with van der Waals surface area (Å²) >= 11 is 0. The zero-order valence-electron chi connectivity index (χ0n) is 15.9. The summed E-state index contributed by atoms with van der Waals surface area (Å²) in [7, 11) is 3.32. The summed E-state index contributed by atoms with van der Waals surface area (Å²) < 4.78 is 0. The van der Waals surface area contributed by atoms with Gasteiger partial charge in [0, 0.05) is 30.6 Å². The van der Waals surface area contributed by atoms with Crippen molar-refractivity contribution in [2.75, 3.05) is 14.1 Å². The molecule has 0 aliphatic heterocycles. The van der Waals surface area contributed by atoms with Crippen molar-refractivity contribution in [3.8, 4) is 11.3 Å². The Labute approximate surface area is 164 Å². The van der Waals surface area contributed by atoms with Gasteiger partial charge in [0.05, 0.1) is 5.69 Å². The average molecular weight is 370 g/mol. The molecule has 0 saturated carbocycles. The molecule has 0 fully saturated rings. The first-order valence-electron chi connectivity index (χ1n) is 9.19. The number of nitrogens with zero attached hydrogens (tertiary/aromatic N) is 1. The third-order valence-corrected chi connectivity index (χ3v) is 5.04. The van der Waals surface area contributed by atoms with Gasteiger partial charge < -0.3 is 15.0 Å². The van der Waals surface area contributed by atoms with Crippen molar-refractivity contribution in [1.82, 2.24) is 9.88 Å². The molecule has 0 spiro atoms. The van der Waals surface area contributed by atoms with Gasteiger partial charge >= 0.3 is 0 Å². The van der Waals surface area contributed by atoms with Crippen LogP contribution in [-0.4, -0.2) is 35.0 Å². The van der Waals surface area contributed by atoms with Crippen LogP contribution in [0.25, 0.3) is 22.2 Å². The number of para-hydroxylation sites is 1. The smallest absolute Gasteiger partial charge is 0.263 e. The Hall–Kier alpha value is -3.37. The largest absolute Gasteiger partial charge is 0.372 e. The first-order valence-corrected chi connectivity index (χ1v) is 9.19. The van der Waals surface area contributed by atoms with E-state index in [-0.39, 0.29) is 5.91 Å². The monoisotopic (exact) mass is 370 g/mol. The number of amides is 1. The number of hydrogen-bond donors (Lipinski definition) is 2. The molecule has 0 saturated heterocycles. The minimum absolute atomic E-state index is 0.388. The number of rotatable bonds is 4. The maximum atomic E-state index is 13.4. The van der Waals surface area contributed by atoms with E-state index in [2.05, 4.69) is 4.98 Å². The fourth-order valence-electron chi connectivity index (χ4n) is 3.72. The standard InChI is InChI=1S/C24H22N2O2/c1-26(2)23(27)24(28,18-13-7-4-8-14-18)21-19-15-9-10-16-20(19)25-22(21)17-11-5-3-6-12-17/h3-16,25,28H,1-2H3. The maximum absolute atomic E-state index is 13.4. The van der Waals surface area contributed by atoms with Crippen molar-refractivity contribution in [2.45, 2.75) is 5.60 Å². The molecule has 2 N–H and O–H groups in total. The van der Waals surface area contributed by atoms with Gasteiger partial charge in [-0.2, -0.15) is 0 Å². The molecule has 1 amide bonds. The zero-order valence-corrected chi connectivity index (χ0v) is 15.9. The third-order valence-electron chi connectivity index (χ3n) is 5.04. The lowest BCUT2D eigenvalue weighted by atomic mass is 9.82. The van der Waals surface area contributed by atoms with Crippen molar-refractivity contribution in [3.63, 3.8) is 0 Å². The second-order valence-electron chi connectivity index (χ2n) is 7.06. The number of aromatic amines is 1. The van der Waals surface area contributed by atoms with E-state index >= 15 is 0 Å². The fourth-order valence-corrected chi connectivity index (χ4v) is 3.72. The second kappa shape index (κ2) is 6.98. The van der Waals surface area contributed by atoms with Crippen molar-refractivity contribution >= 4 is 16.8 Å². The molecule has 0 aliphatic carbocycles. The summed E-state index contributed by atoms with van der Waals surface area (Å²) in [4.78, 5) is 18.2. The maximum Gasteiger partial charge on any atom is 0.263 e. The normalized spacial score (nSPS) is 13.2. The molecule has 140 valence electrons. The van der Waals surface area contributed by atoms with Crippen LogP contribution in [0.3, 0.4) is 0 Å². The predicted molar refractivity (Wildman–Crippen MR) is 112 cm³/mol. The lowest BCUT2D eigenvalue weighted by Gasteiger charge is -2.31. The predicted octanol–water partition coefficient (Wildman–Crippen LogP) is 4.16. The highest BCUT2D eigenvalue weighted by Gasteiger charge is 2.44. The average Bonchev–Trinajstić information content (AvgIpc) is 3.14. The number of nitrogens with one attached hydrogen (secondary N) is 1. The third kappa shape index (κ3) is 2.79. The highest BCUT2D eigenvalue weighted by molar-refractivity contribution is 6.01. The zero-order chi connectivity index (χ0) is 19.7. The van der Waals surface area contributed by atoms with E-state index in [1.54, 1.807) is 26.2 Å². The molecule has 3 aromatic carbocycles. The Morgan fingerprint density at radius 1 is 0.857 bits per heavy atom. The lowest BCUT2D eigenvalue weighted by molar-refractivity contribution is -0.145. The number of hydrogen-bond acceptors (Lipinski definition) is 2. The lowest BCUT2D eigenvalue weighted by Crippen LogP contribution is -2.45. The topological polar surface area (TPSA) is 56.3 Å². The van der Waals surface area contributed by atoms with E-state index in [4.69, 9.17) is 0 Å². The van der Waals surface area contributed by atoms with Gasteiger partial charge in [-0.3, -0.25) is 4.79 Å². The number of carbonyl (C=O) groups is 1. The second-order valence-corrected chi connectivity index (χ2v) is 7.06. The van der Waals surface area contributed by atoms with Crippen LogP contribution in [0, 0.1) is 0 Å². The summed E-state index contributed by atoms with van der Waals surface area (Å²) in [5.74, 6) is -0.388. The van der Waals surface area contributed by atoms with Crippen LogP contribution in [0.15, 0.2) is 84.9 Å². The van der Waals surface area contributed by atoms with E-state index in [0.29, 0.717) is 11.1 Å². The highest BCUT2D eigenvalue weighted by atomic mass is 16.3. The minimum Gasteiger partial charge on any atom is -0.372 e. The summed E-state index contributed by atoms with van der Waals surface area (Å²) in [6, 6.07) is 26.6. The Kier molecular flexibility index (Phi) is 4.49. The van der Waals surface area contributed by atoms with E-state index in [9.17, 15) is 9.90 Å². The van der Waals surface area contributed by atoms with Crippen LogP contribution in [0.2, 0.25) is 0 Å². The van der Waals surface area contributed by atoms with Crippen molar-refractivity contribution < 1.29 is 9.90 Å². The minimum atomic E-state index is -1.82. The Morgan fingerprint density at radius 3 is 2.07 bits per heavy atom.